The minimum atomic E-state index is -1.20. The summed E-state index contributed by atoms with van der Waals surface area (Å²) in [5.41, 5.74) is -0.104. The first-order valence-corrected chi connectivity index (χ1v) is 5.39. The fraction of sp³-hybridized carbons (Fsp3) is 0.556. The Morgan fingerprint density at radius 2 is 2.12 bits per heavy atom. The van der Waals surface area contributed by atoms with Crippen LogP contribution in [0.25, 0.3) is 0 Å². The molecule has 1 aliphatic rings. The molecule has 2 heterocycles. The van der Waals surface area contributed by atoms with Crippen LogP contribution in [0.1, 0.15) is 11.7 Å². The first-order valence-electron chi connectivity index (χ1n) is 4.99. The Morgan fingerprint density at radius 3 is 2.65 bits per heavy atom. The monoisotopic (exact) mass is 260 g/mol. The molecule has 8 heteroatoms. The van der Waals surface area contributed by atoms with Crippen molar-refractivity contribution < 1.29 is 20.1 Å². The van der Waals surface area contributed by atoms with Crippen molar-refractivity contribution in [2.75, 3.05) is 6.61 Å². The maximum Gasteiger partial charge on any atom is 0.323 e. The number of hydrogen-bond acceptors (Lipinski definition) is 6. The molecule has 0 amide bonds. The number of ether oxygens (including phenoxy) is 1. The van der Waals surface area contributed by atoms with Gasteiger partial charge in [-0.2, -0.15) is 0 Å². The van der Waals surface area contributed by atoms with Crippen molar-refractivity contribution in [3.05, 3.63) is 26.9 Å². The SMILES string of the molecule is O=c1[nH]cc([C@@H]2O[C@H](CO)C(O)C2O)c(=S)[nH]1. The highest BCUT2D eigenvalue weighted by Gasteiger charge is 2.43. The van der Waals surface area contributed by atoms with Gasteiger partial charge in [-0.25, -0.2) is 4.79 Å². The topological polar surface area (TPSA) is 119 Å². The summed E-state index contributed by atoms with van der Waals surface area (Å²) in [7, 11) is 0. The molecule has 94 valence electrons. The molecular formula is C9H12N2O5S. The predicted octanol–water partition coefficient (Wildman–Crippen LogP) is -1.41. The van der Waals surface area contributed by atoms with E-state index in [0.717, 1.165) is 0 Å². The molecule has 0 bridgehead atoms. The first kappa shape index (κ1) is 12.4. The van der Waals surface area contributed by atoms with Crippen molar-refractivity contribution in [3.8, 4) is 0 Å². The lowest BCUT2D eigenvalue weighted by Crippen LogP contribution is -2.32. The molecule has 2 unspecified atom stereocenters. The molecule has 0 radical (unpaired) electrons. The second kappa shape index (κ2) is 4.67. The number of H-pyrrole nitrogens is 2. The van der Waals surface area contributed by atoms with E-state index in [9.17, 15) is 15.0 Å². The molecule has 0 spiro atoms. The van der Waals surface area contributed by atoms with Crippen molar-refractivity contribution >= 4 is 12.2 Å². The van der Waals surface area contributed by atoms with Crippen molar-refractivity contribution in [2.24, 2.45) is 0 Å². The summed E-state index contributed by atoms with van der Waals surface area (Å²) in [6.07, 6.45) is -2.81. The Labute approximate surface area is 101 Å². The van der Waals surface area contributed by atoms with Gasteiger partial charge >= 0.3 is 5.69 Å². The zero-order valence-electron chi connectivity index (χ0n) is 8.66. The zero-order valence-corrected chi connectivity index (χ0v) is 9.48. The molecule has 1 aromatic heterocycles. The molecule has 17 heavy (non-hydrogen) atoms. The van der Waals surface area contributed by atoms with Crippen molar-refractivity contribution in [2.45, 2.75) is 24.4 Å². The fourth-order valence-corrected chi connectivity index (χ4v) is 2.06. The van der Waals surface area contributed by atoms with Crippen LogP contribution < -0.4 is 5.69 Å². The van der Waals surface area contributed by atoms with Crippen molar-refractivity contribution in [3.63, 3.8) is 0 Å². The Hall–Kier alpha value is -1.06. The van der Waals surface area contributed by atoms with E-state index in [1.807, 2.05) is 0 Å². The summed E-state index contributed by atoms with van der Waals surface area (Å²) in [6, 6.07) is 0. The minimum Gasteiger partial charge on any atom is -0.394 e. The quantitative estimate of drug-likeness (QED) is 0.417. The number of aromatic amines is 2. The Morgan fingerprint density at radius 1 is 1.41 bits per heavy atom. The highest BCUT2D eigenvalue weighted by molar-refractivity contribution is 7.71. The molecule has 1 saturated heterocycles. The third-order valence-electron chi connectivity index (χ3n) is 2.70. The lowest BCUT2D eigenvalue weighted by molar-refractivity contribution is -0.0230. The van der Waals surface area contributed by atoms with Crippen LogP contribution in [-0.4, -0.2) is 50.2 Å². The van der Waals surface area contributed by atoms with E-state index in [1.54, 1.807) is 0 Å². The molecule has 1 fully saturated rings. The lowest BCUT2D eigenvalue weighted by Gasteiger charge is -2.14. The molecule has 5 N–H and O–H groups in total. The Kier molecular flexibility index (Phi) is 3.40. The summed E-state index contributed by atoms with van der Waals surface area (Å²) in [5, 5.41) is 28.3. The first-order chi connectivity index (χ1) is 8.04. The van der Waals surface area contributed by atoms with Crippen LogP contribution in [0.3, 0.4) is 0 Å². The molecule has 0 aromatic carbocycles. The Bertz CT molecular complexity index is 513. The third-order valence-corrected chi connectivity index (χ3v) is 3.03. The average molecular weight is 260 g/mol. The van der Waals surface area contributed by atoms with E-state index in [4.69, 9.17) is 22.1 Å². The summed E-state index contributed by atoms with van der Waals surface area (Å²) < 4.78 is 5.41. The Balaban J connectivity index is 2.35. The molecule has 2 rings (SSSR count). The average Bonchev–Trinajstić information content (AvgIpc) is 2.57. The maximum atomic E-state index is 11.0. The van der Waals surface area contributed by atoms with Crippen LogP contribution in [0.4, 0.5) is 0 Å². The van der Waals surface area contributed by atoms with Crippen LogP contribution in [0.2, 0.25) is 0 Å². The predicted molar refractivity (Wildman–Crippen MR) is 59.0 cm³/mol. The van der Waals surface area contributed by atoms with Gasteiger partial charge < -0.3 is 25.0 Å². The van der Waals surface area contributed by atoms with Gasteiger partial charge in [-0.15, -0.1) is 0 Å². The van der Waals surface area contributed by atoms with Crippen LogP contribution in [0, 0.1) is 4.64 Å². The van der Waals surface area contributed by atoms with Gasteiger partial charge in [-0.3, -0.25) is 4.98 Å². The van der Waals surface area contributed by atoms with E-state index in [1.165, 1.54) is 6.20 Å². The van der Waals surface area contributed by atoms with Crippen LogP contribution in [-0.2, 0) is 4.74 Å². The molecule has 7 nitrogen and oxygen atoms in total. The van der Waals surface area contributed by atoms with Gasteiger partial charge in [0.15, 0.2) is 0 Å². The molecule has 0 saturated carbocycles. The van der Waals surface area contributed by atoms with Gasteiger partial charge in [-0.05, 0) is 0 Å². The van der Waals surface area contributed by atoms with E-state index < -0.39 is 36.7 Å². The zero-order chi connectivity index (χ0) is 12.6. The van der Waals surface area contributed by atoms with E-state index >= 15 is 0 Å². The van der Waals surface area contributed by atoms with Gasteiger partial charge in [0, 0.05) is 11.8 Å². The summed E-state index contributed by atoms with van der Waals surface area (Å²) in [6.45, 7) is -0.408. The van der Waals surface area contributed by atoms with Gasteiger partial charge in [0.05, 0.1) is 6.61 Å². The van der Waals surface area contributed by atoms with E-state index in [2.05, 4.69) is 9.97 Å². The second-order valence-electron chi connectivity index (χ2n) is 3.79. The number of hydrogen-bond donors (Lipinski definition) is 5. The smallest absolute Gasteiger partial charge is 0.323 e. The highest BCUT2D eigenvalue weighted by Crippen LogP contribution is 2.32. The summed E-state index contributed by atoms with van der Waals surface area (Å²) >= 11 is 4.93. The number of aliphatic hydroxyl groups excluding tert-OH is 3. The molecule has 4 atom stereocenters. The second-order valence-corrected chi connectivity index (χ2v) is 4.19. The van der Waals surface area contributed by atoms with Crippen LogP contribution >= 0.6 is 12.2 Å². The molecule has 0 aliphatic carbocycles. The van der Waals surface area contributed by atoms with E-state index in [0.29, 0.717) is 5.56 Å². The largest absolute Gasteiger partial charge is 0.394 e. The standard InChI is InChI=1S/C9H12N2O5S/c12-2-4-5(13)6(14)7(16-4)3-1-10-9(15)11-8(3)17/h1,4-7,12-14H,2H2,(H2,10,11,15,17)/t4-,5?,6?,7+/m1/s1. The normalized spacial score (nSPS) is 32.9. The van der Waals surface area contributed by atoms with Crippen molar-refractivity contribution in [1.82, 2.24) is 9.97 Å². The van der Waals surface area contributed by atoms with Crippen LogP contribution in [0.5, 0.6) is 0 Å². The van der Waals surface area contributed by atoms with Crippen LogP contribution in [0.15, 0.2) is 11.0 Å². The van der Waals surface area contributed by atoms with Crippen molar-refractivity contribution in [1.29, 1.82) is 0 Å². The van der Waals surface area contributed by atoms with Gasteiger partial charge in [0.2, 0.25) is 0 Å². The third kappa shape index (κ3) is 2.17. The van der Waals surface area contributed by atoms with Gasteiger partial charge in [0.25, 0.3) is 0 Å². The summed E-state index contributed by atoms with van der Waals surface area (Å²) in [4.78, 5) is 15.7. The highest BCUT2D eigenvalue weighted by atomic mass is 32.1. The maximum absolute atomic E-state index is 11.0. The fourth-order valence-electron chi connectivity index (χ4n) is 1.79. The van der Waals surface area contributed by atoms with E-state index in [-0.39, 0.29) is 4.64 Å². The number of nitrogens with one attached hydrogen (secondary N) is 2. The molecule has 1 aliphatic heterocycles. The molecular weight excluding hydrogens is 248 g/mol. The minimum absolute atomic E-state index is 0.128. The summed E-state index contributed by atoms with van der Waals surface area (Å²) in [5.74, 6) is 0. The molecule has 1 aromatic rings. The number of aromatic nitrogens is 2. The number of rotatable bonds is 2. The van der Waals surface area contributed by atoms with Gasteiger partial charge in [-0.1, -0.05) is 12.2 Å². The lowest BCUT2D eigenvalue weighted by atomic mass is 10.0. The number of aliphatic hydroxyl groups is 3. The van der Waals surface area contributed by atoms with Gasteiger partial charge in [0.1, 0.15) is 29.1 Å².